The summed E-state index contributed by atoms with van der Waals surface area (Å²) in [6.07, 6.45) is 1.50. The van der Waals surface area contributed by atoms with E-state index >= 15 is 0 Å². The molecule has 0 saturated heterocycles. The lowest BCUT2D eigenvalue weighted by molar-refractivity contribution is 0.0950. The fourth-order valence-electron chi connectivity index (χ4n) is 1.89. The number of carbonyl (C=O) groups excluding carboxylic acids is 1. The third-order valence-electron chi connectivity index (χ3n) is 3.08. The highest BCUT2D eigenvalue weighted by Crippen LogP contribution is 2.08. The molecule has 2 rings (SSSR count). The number of carbonyl (C=O) groups is 1. The summed E-state index contributed by atoms with van der Waals surface area (Å²) in [6, 6.07) is 10.2. The summed E-state index contributed by atoms with van der Waals surface area (Å²) in [5.74, 6) is -0.256. The molecule has 0 aliphatic heterocycles. The molecule has 2 aromatic rings. The van der Waals surface area contributed by atoms with Crippen molar-refractivity contribution in [2.75, 3.05) is 0 Å². The summed E-state index contributed by atoms with van der Waals surface area (Å²) in [4.78, 5) is 23.3. The van der Waals surface area contributed by atoms with Gasteiger partial charge in [0.15, 0.2) is 0 Å². The van der Waals surface area contributed by atoms with Crippen molar-refractivity contribution in [1.29, 1.82) is 0 Å². The molecular weight excluding hydrogens is 256 g/mol. The van der Waals surface area contributed by atoms with E-state index in [1.165, 1.54) is 22.9 Å². The van der Waals surface area contributed by atoms with E-state index in [-0.39, 0.29) is 18.1 Å². The number of aryl methyl sites for hydroxylation is 1. The largest absolute Gasteiger partial charge is 0.392 e. The normalized spacial score (nSPS) is 10.3. The van der Waals surface area contributed by atoms with Gasteiger partial charge in [0.1, 0.15) is 0 Å². The van der Waals surface area contributed by atoms with Gasteiger partial charge in [0.05, 0.1) is 12.2 Å². The smallest absolute Gasteiger partial charge is 0.253 e. The molecule has 2 N–H and O–H groups in total. The number of amides is 1. The number of rotatable bonds is 4. The Balaban J connectivity index is 2.08. The van der Waals surface area contributed by atoms with Crippen molar-refractivity contribution < 1.29 is 9.90 Å². The molecular formula is C15H16N2O3. The summed E-state index contributed by atoms with van der Waals surface area (Å²) in [7, 11) is 1.60. The van der Waals surface area contributed by atoms with Crippen molar-refractivity contribution in [1.82, 2.24) is 9.88 Å². The van der Waals surface area contributed by atoms with Gasteiger partial charge >= 0.3 is 0 Å². The van der Waals surface area contributed by atoms with Gasteiger partial charge in [-0.05, 0) is 17.2 Å². The molecule has 0 aliphatic carbocycles. The van der Waals surface area contributed by atoms with Crippen LogP contribution in [0.4, 0.5) is 0 Å². The molecule has 1 amide bonds. The number of aromatic nitrogens is 1. The Kier molecular flexibility index (Phi) is 4.32. The monoisotopic (exact) mass is 272 g/mol. The van der Waals surface area contributed by atoms with E-state index in [2.05, 4.69) is 5.32 Å². The van der Waals surface area contributed by atoms with Crippen LogP contribution in [-0.4, -0.2) is 15.6 Å². The zero-order valence-corrected chi connectivity index (χ0v) is 11.2. The minimum atomic E-state index is -0.256. The maximum absolute atomic E-state index is 12.0. The minimum Gasteiger partial charge on any atom is -0.392 e. The highest BCUT2D eigenvalue weighted by Gasteiger charge is 2.07. The van der Waals surface area contributed by atoms with E-state index < -0.39 is 0 Å². The van der Waals surface area contributed by atoms with Crippen LogP contribution in [0.1, 0.15) is 21.5 Å². The Hall–Kier alpha value is -2.40. The third-order valence-corrected chi connectivity index (χ3v) is 3.08. The highest BCUT2D eigenvalue weighted by atomic mass is 16.3. The zero-order valence-electron chi connectivity index (χ0n) is 11.2. The molecule has 0 radical (unpaired) electrons. The first-order valence-electron chi connectivity index (χ1n) is 6.24. The maximum Gasteiger partial charge on any atom is 0.253 e. The average molecular weight is 272 g/mol. The van der Waals surface area contributed by atoms with E-state index in [0.29, 0.717) is 12.1 Å². The standard InChI is InChI=1S/C15H16N2O3/c1-17-9-12(6-7-14(17)19)15(20)16-8-11-4-2-3-5-13(11)10-18/h2-7,9,18H,8,10H2,1H3,(H,16,20). The van der Waals surface area contributed by atoms with E-state index in [0.717, 1.165) is 11.1 Å². The molecule has 0 bridgehead atoms. The molecule has 1 aromatic heterocycles. The first-order valence-corrected chi connectivity index (χ1v) is 6.24. The lowest BCUT2D eigenvalue weighted by Crippen LogP contribution is -2.25. The van der Waals surface area contributed by atoms with Crippen LogP contribution in [-0.2, 0) is 20.2 Å². The van der Waals surface area contributed by atoms with Crippen molar-refractivity contribution in [3.05, 3.63) is 69.6 Å². The van der Waals surface area contributed by atoms with Crippen molar-refractivity contribution in [3.63, 3.8) is 0 Å². The highest BCUT2D eigenvalue weighted by molar-refractivity contribution is 5.93. The number of aliphatic hydroxyl groups excluding tert-OH is 1. The summed E-state index contributed by atoms with van der Waals surface area (Å²) in [5.41, 5.74) is 1.92. The second-order valence-corrected chi connectivity index (χ2v) is 4.48. The van der Waals surface area contributed by atoms with Crippen molar-refractivity contribution in [2.45, 2.75) is 13.2 Å². The molecule has 0 spiro atoms. The van der Waals surface area contributed by atoms with Crippen LogP contribution >= 0.6 is 0 Å². The summed E-state index contributed by atoms with van der Waals surface area (Å²) >= 11 is 0. The molecule has 0 fully saturated rings. The number of pyridine rings is 1. The van der Waals surface area contributed by atoms with Crippen LogP contribution in [0.15, 0.2) is 47.4 Å². The number of aliphatic hydroxyl groups is 1. The van der Waals surface area contributed by atoms with Crippen LogP contribution < -0.4 is 10.9 Å². The molecule has 0 atom stereocenters. The molecule has 20 heavy (non-hydrogen) atoms. The fraction of sp³-hybridized carbons (Fsp3) is 0.200. The van der Waals surface area contributed by atoms with Gasteiger partial charge in [0, 0.05) is 25.9 Å². The first kappa shape index (κ1) is 14.0. The van der Waals surface area contributed by atoms with E-state index in [9.17, 15) is 14.7 Å². The van der Waals surface area contributed by atoms with Gasteiger partial charge in [0.2, 0.25) is 5.56 Å². The first-order chi connectivity index (χ1) is 9.61. The Morgan fingerprint density at radius 2 is 1.90 bits per heavy atom. The quantitative estimate of drug-likeness (QED) is 0.865. The minimum absolute atomic E-state index is 0.0636. The van der Waals surface area contributed by atoms with Crippen LogP contribution in [0.3, 0.4) is 0 Å². The maximum atomic E-state index is 12.0. The molecule has 104 valence electrons. The number of hydrogen-bond donors (Lipinski definition) is 2. The van der Waals surface area contributed by atoms with Gasteiger partial charge in [-0.1, -0.05) is 24.3 Å². The lowest BCUT2D eigenvalue weighted by atomic mass is 10.1. The van der Waals surface area contributed by atoms with Gasteiger partial charge in [-0.2, -0.15) is 0 Å². The Bertz CT molecular complexity index is 677. The van der Waals surface area contributed by atoms with Crippen LogP contribution in [0.25, 0.3) is 0 Å². The summed E-state index contributed by atoms with van der Waals surface area (Å²) in [6.45, 7) is 0.268. The third kappa shape index (κ3) is 3.13. The Morgan fingerprint density at radius 3 is 2.55 bits per heavy atom. The predicted molar refractivity (Wildman–Crippen MR) is 75.2 cm³/mol. The van der Waals surface area contributed by atoms with Gasteiger partial charge < -0.3 is 15.0 Å². The molecule has 0 aliphatic rings. The second kappa shape index (κ2) is 6.16. The molecule has 0 unspecified atom stereocenters. The van der Waals surface area contributed by atoms with Gasteiger partial charge in [0.25, 0.3) is 5.91 Å². The topological polar surface area (TPSA) is 71.3 Å². The zero-order chi connectivity index (χ0) is 14.5. The summed E-state index contributed by atoms with van der Waals surface area (Å²) in [5, 5.41) is 12.0. The molecule has 1 aromatic carbocycles. The molecule has 0 saturated carbocycles. The van der Waals surface area contributed by atoms with Crippen molar-refractivity contribution in [3.8, 4) is 0 Å². The number of nitrogens with one attached hydrogen (secondary N) is 1. The van der Waals surface area contributed by atoms with Gasteiger partial charge in [-0.15, -0.1) is 0 Å². The number of hydrogen-bond acceptors (Lipinski definition) is 3. The SMILES string of the molecule is Cn1cc(C(=O)NCc2ccccc2CO)ccc1=O. The van der Waals surface area contributed by atoms with Gasteiger partial charge in [-0.25, -0.2) is 0 Å². The van der Waals surface area contributed by atoms with Crippen LogP contribution in [0.5, 0.6) is 0 Å². The second-order valence-electron chi connectivity index (χ2n) is 4.48. The molecule has 5 nitrogen and oxygen atoms in total. The molecule has 1 heterocycles. The number of nitrogens with zero attached hydrogens (tertiary/aromatic N) is 1. The van der Waals surface area contributed by atoms with Crippen molar-refractivity contribution >= 4 is 5.91 Å². The van der Waals surface area contributed by atoms with E-state index in [1.807, 2.05) is 24.3 Å². The summed E-state index contributed by atoms with van der Waals surface area (Å²) < 4.78 is 1.36. The predicted octanol–water partition coefficient (Wildman–Crippen LogP) is 0.808. The van der Waals surface area contributed by atoms with E-state index in [4.69, 9.17) is 0 Å². The van der Waals surface area contributed by atoms with Crippen LogP contribution in [0, 0.1) is 0 Å². The van der Waals surface area contributed by atoms with Crippen molar-refractivity contribution in [2.24, 2.45) is 7.05 Å². The fourth-order valence-corrected chi connectivity index (χ4v) is 1.89. The average Bonchev–Trinajstić information content (AvgIpc) is 2.47. The molecule has 5 heteroatoms. The van der Waals surface area contributed by atoms with Gasteiger partial charge in [-0.3, -0.25) is 9.59 Å². The number of benzene rings is 1. The Morgan fingerprint density at radius 1 is 1.20 bits per heavy atom. The van der Waals surface area contributed by atoms with E-state index in [1.54, 1.807) is 7.05 Å². The van der Waals surface area contributed by atoms with Crippen LogP contribution in [0.2, 0.25) is 0 Å². The lowest BCUT2D eigenvalue weighted by Gasteiger charge is -2.09. The Labute approximate surface area is 116 Å².